The third kappa shape index (κ3) is 3.91. The van der Waals surface area contributed by atoms with Crippen LogP contribution in [0.5, 0.6) is 0 Å². The zero-order valence-corrected chi connectivity index (χ0v) is 14.1. The van der Waals surface area contributed by atoms with Crippen LogP contribution in [0, 0.1) is 0 Å². The van der Waals surface area contributed by atoms with Crippen molar-refractivity contribution in [2.24, 2.45) is 4.40 Å². The third-order valence-electron chi connectivity index (χ3n) is 3.73. The van der Waals surface area contributed by atoms with Crippen LogP contribution in [0.4, 0.5) is 0 Å². The second-order valence-corrected chi connectivity index (χ2v) is 7.51. The first-order chi connectivity index (χ1) is 11.4. The summed E-state index contributed by atoms with van der Waals surface area (Å²) >= 11 is 0. The Balaban J connectivity index is 1.64. The first kappa shape index (κ1) is 16.4. The lowest BCUT2D eigenvalue weighted by Gasteiger charge is -2.27. The fraction of sp³-hybridized carbons (Fsp3) is 0.294. The lowest BCUT2D eigenvalue weighted by atomic mass is 10.1. The van der Waals surface area contributed by atoms with Gasteiger partial charge in [-0.2, -0.15) is 0 Å². The maximum absolute atomic E-state index is 12.3. The van der Waals surface area contributed by atoms with Gasteiger partial charge in [-0.15, -0.1) is 4.40 Å². The van der Waals surface area contributed by atoms with Crippen molar-refractivity contribution < 1.29 is 17.9 Å². The molecule has 0 saturated heterocycles. The molecule has 24 heavy (non-hydrogen) atoms. The Morgan fingerprint density at radius 3 is 2.79 bits per heavy atom. The average Bonchev–Trinajstić information content (AvgIpc) is 2.54. The highest BCUT2D eigenvalue weighted by Crippen LogP contribution is 2.17. The number of rotatable bonds is 4. The molecule has 6 nitrogen and oxygen atoms in total. The zero-order chi connectivity index (χ0) is 17.2. The number of hydrogen-bond acceptors (Lipinski definition) is 5. The van der Waals surface area contributed by atoms with Crippen molar-refractivity contribution in [2.75, 3.05) is 12.3 Å². The van der Waals surface area contributed by atoms with Gasteiger partial charge in [0.2, 0.25) is 0 Å². The molecule has 0 aromatic heterocycles. The van der Waals surface area contributed by atoms with E-state index in [1.165, 1.54) is 12.2 Å². The molecule has 7 heteroatoms. The first-order valence-corrected chi connectivity index (χ1v) is 9.28. The van der Waals surface area contributed by atoms with E-state index < -0.39 is 16.0 Å². The van der Waals surface area contributed by atoms with E-state index >= 15 is 0 Å². The van der Waals surface area contributed by atoms with Crippen LogP contribution < -0.4 is 0 Å². The maximum Gasteiger partial charge on any atom is 0.339 e. The standard InChI is InChI=1S/C17H18N2O4S/c1-13(11-14-5-3-2-4-6-14)23-17(20)15-7-8-16-18-24(21,22)10-9-19(16)12-15/h2-8,12-13H,9-11H2,1H3. The highest BCUT2D eigenvalue weighted by atomic mass is 32.2. The van der Waals surface area contributed by atoms with Gasteiger partial charge in [0, 0.05) is 19.2 Å². The molecule has 2 aliphatic heterocycles. The Morgan fingerprint density at radius 2 is 2.04 bits per heavy atom. The molecule has 0 fully saturated rings. The number of benzene rings is 1. The smallest absolute Gasteiger partial charge is 0.339 e. The summed E-state index contributed by atoms with van der Waals surface area (Å²) in [6.07, 6.45) is 5.03. The molecule has 0 N–H and O–H groups in total. The molecule has 2 heterocycles. The van der Waals surface area contributed by atoms with Crippen LogP contribution in [0.1, 0.15) is 12.5 Å². The van der Waals surface area contributed by atoms with Crippen molar-refractivity contribution in [1.29, 1.82) is 0 Å². The molecular weight excluding hydrogens is 328 g/mol. The van der Waals surface area contributed by atoms with Gasteiger partial charge < -0.3 is 9.64 Å². The van der Waals surface area contributed by atoms with Crippen molar-refractivity contribution in [2.45, 2.75) is 19.4 Å². The van der Waals surface area contributed by atoms with Gasteiger partial charge in [-0.25, -0.2) is 13.2 Å². The summed E-state index contributed by atoms with van der Waals surface area (Å²) in [5.41, 5.74) is 1.48. The molecule has 126 valence electrons. The van der Waals surface area contributed by atoms with E-state index in [2.05, 4.69) is 4.40 Å². The van der Waals surface area contributed by atoms with Crippen molar-refractivity contribution in [3.05, 3.63) is 59.8 Å². The summed E-state index contributed by atoms with van der Waals surface area (Å²) < 4.78 is 32.1. The zero-order valence-electron chi connectivity index (χ0n) is 13.3. The number of carbonyl (C=O) groups excluding carboxylic acids is 1. The Labute approximate surface area is 141 Å². The van der Waals surface area contributed by atoms with Gasteiger partial charge in [-0.1, -0.05) is 30.3 Å². The van der Waals surface area contributed by atoms with Crippen LogP contribution >= 0.6 is 0 Å². The molecule has 1 aromatic carbocycles. The predicted molar refractivity (Wildman–Crippen MR) is 90.9 cm³/mol. The van der Waals surface area contributed by atoms with Gasteiger partial charge in [0.1, 0.15) is 11.9 Å². The van der Waals surface area contributed by atoms with E-state index in [0.717, 1.165) is 5.56 Å². The molecule has 0 aliphatic carbocycles. The number of sulfonamides is 1. The van der Waals surface area contributed by atoms with Gasteiger partial charge >= 0.3 is 5.97 Å². The molecule has 1 atom stereocenters. The summed E-state index contributed by atoms with van der Waals surface area (Å²) in [6.45, 7) is 2.13. The van der Waals surface area contributed by atoms with E-state index in [-0.39, 0.29) is 18.4 Å². The van der Waals surface area contributed by atoms with E-state index in [1.54, 1.807) is 11.1 Å². The molecule has 0 spiro atoms. The molecule has 1 unspecified atom stereocenters. The molecular formula is C17H18N2O4S. The topological polar surface area (TPSA) is 76.0 Å². The molecule has 1 aromatic rings. The number of carbonyl (C=O) groups is 1. The van der Waals surface area contributed by atoms with Crippen molar-refractivity contribution >= 4 is 21.8 Å². The third-order valence-corrected chi connectivity index (χ3v) is 4.90. The number of fused-ring (bicyclic) bond motifs is 1. The van der Waals surface area contributed by atoms with Gasteiger partial charge in [-0.3, -0.25) is 0 Å². The summed E-state index contributed by atoms with van der Waals surface area (Å²) in [5, 5.41) is 0. The minimum absolute atomic E-state index is 0.0619. The van der Waals surface area contributed by atoms with E-state index in [0.29, 0.717) is 17.8 Å². The summed E-state index contributed by atoms with van der Waals surface area (Å²) in [4.78, 5) is 13.9. The highest BCUT2D eigenvalue weighted by Gasteiger charge is 2.25. The molecule has 2 aliphatic rings. The lowest BCUT2D eigenvalue weighted by molar-refractivity contribution is -0.143. The van der Waals surface area contributed by atoms with Crippen LogP contribution in [-0.2, 0) is 26.0 Å². The minimum Gasteiger partial charge on any atom is -0.459 e. The van der Waals surface area contributed by atoms with E-state index in [4.69, 9.17) is 4.74 Å². The van der Waals surface area contributed by atoms with Crippen LogP contribution in [0.3, 0.4) is 0 Å². The number of esters is 1. The van der Waals surface area contributed by atoms with Crippen LogP contribution in [0.2, 0.25) is 0 Å². The summed E-state index contributed by atoms with van der Waals surface area (Å²) in [7, 11) is -3.39. The second-order valence-electron chi connectivity index (χ2n) is 5.75. The Morgan fingerprint density at radius 1 is 1.29 bits per heavy atom. The summed E-state index contributed by atoms with van der Waals surface area (Å²) in [5.74, 6) is -0.162. The number of nitrogens with zero attached hydrogens (tertiary/aromatic N) is 2. The van der Waals surface area contributed by atoms with Gasteiger partial charge in [-0.05, 0) is 24.6 Å². The van der Waals surface area contributed by atoms with Crippen molar-refractivity contribution in [3.63, 3.8) is 0 Å². The quantitative estimate of drug-likeness (QED) is 0.775. The van der Waals surface area contributed by atoms with E-state index in [9.17, 15) is 13.2 Å². The SMILES string of the molecule is CC(Cc1ccccc1)OC(=O)C1=CN2CCS(=O)(=O)N=C2C=C1. The van der Waals surface area contributed by atoms with Crippen molar-refractivity contribution in [3.8, 4) is 0 Å². The average molecular weight is 346 g/mol. The first-order valence-electron chi connectivity index (χ1n) is 7.67. The molecule has 0 bridgehead atoms. The Hall–Kier alpha value is -2.41. The number of ether oxygens (including phenoxy) is 1. The molecule has 0 amide bonds. The van der Waals surface area contributed by atoms with Gasteiger partial charge in [0.05, 0.1) is 11.3 Å². The predicted octanol–water partition coefficient (Wildman–Crippen LogP) is 1.66. The fourth-order valence-corrected chi connectivity index (χ4v) is 3.53. The Kier molecular flexibility index (Phi) is 4.53. The normalized spacial score (nSPS) is 19.8. The van der Waals surface area contributed by atoms with Crippen LogP contribution in [-0.4, -0.2) is 43.5 Å². The van der Waals surface area contributed by atoms with Crippen LogP contribution in [0.15, 0.2) is 58.7 Å². The lowest BCUT2D eigenvalue weighted by Crippen LogP contribution is -2.37. The fourth-order valence-electron chi connectivity index (χ4n) is 2.56. The van der Waals surface area contributed by atoms with Crippen molar-refractivity contribution in [1.82, 2.24) is 4.90 Å². The number of amidine groups is 1. The van der Waals surface area contributed by atoms with Gasteiger partial charge in [0.25, 0.3) is 10.0 Å². The van der Waals surface area contributed by atoms with E-state index in [1.807, 2.05) is 37.3 Å². The number of hydrogen-bond donors (Lipinski definition) is 0. The highest BCUT2D eigenvalue weighted by molar-refractivity contribution is 7.90. The minimum atomic E-state index is -3.39. The largest absolute Gasteiger partial charge is 0.459 e. The summed E-state index contributed by atoms with van der Waals surface area (Å²) in [6, 6.07) is 9.81. The van der Waals surface area contributed by atoms with Gasteiger partial charge in [0.15, 0.2) is 0 Å². The second kappa shape index (κ2) is 6.60. The monoisotopic (exact) mass is 346 g/mol. The molecule has 0 radical (unpaired) electrons. The van der Waals surface area contributed by atoms with Crippen LogP contribution in [0.25, 0.3) is 0 Å². The molecule has 0 saturated carbocycles. The Bertz CT molecular complexity index is 825. The molecule has 3 rings (SSSR count). The maximum atomic E-state index is 12.3.